The Morgan fingerprint density at radius 2 is 1.25 bits per heavy atom. The van der Waals surface area contributed by atoms with Gasteiger partial charge in [-0.15, -0.1) is 0 Å². The average molecular weight is 124 g/mol. The molecule has 0 aromatic carbocycles. The molecule has 0 rings (SSSR count). The fourth-order valence-corrected chi connectivity index (χ4v) is 0.0800. The van der Waals surface area contributed by atoms with E-state index in [4.69, 9.17) is 20.8 Å². The maximum atomic E-state index is 9.69. The van der Waals surface area contributed by atoms with Crippen LogP contribution in [0.15, 0.2) is 0 Å². The van der Waals surface area contributed by atoms with Crippen molar-refractivity contribution in [1.82, 2.24) is 10.5 Å². The van der Waals surface area contributed by atoms with E-state index in [9.17, 15) is 4.79 Å². The summed E-state index contributed by atoms with van der Waals surface area (Å²) in [7, 11) is 0. The Hall–Kier alpha value is -0.890. The summed E-state index contributed by atoms with van der Waals surface area (Å²) in [4.78, 5) is 9.69. The molecule has 0 bridgehead atoms. The number of hydroxylamine groups is 4. The quantitative estimate of drug-likeness (QED) is 0.251. The number of urea groups is 1. The monoisotopic (exact) mass is 124 g/mol. The highest BCUT2D eigenvalue weighted by Crippen LogP contribution is 1.81. The summed E-state index contributed by atoms with van der Waals surface area (Å²) >= 11 is 0. The van der Waals surface area contributed by atoms with Gasteiger partial charge >= 0.3 is 6.03 Å². The second-order valence-corrected chi connectivity index (χ2v) is 0.861. The van der Waals surface area contributed by atoms with Gasteiger partial charge in [-0.1, -0.05) is 10.5 Å². The predicted molar refractivity (Wildman–Crippen MR) is 16.2 cm³/mol. The molecule has 0 aromatic heterocycles. The topological polar surface area (TPSA) is 104 Å². The van der Waals surface area contributed by atoms with Crippen LogP contribution in [0.2, 0.25) is 0 Å². The van der Waals surface area contributed by atoms with Gasteiger partial charge in [0.25, 0.3) is 0 Å². The molecule has 0 aliphatic heterocycles. The lowest BCUT2D eigenvalue weighted by molar-refractivity contribution is -0.327. The minimum Gasteiger partial charge on any atom is -0.260 e. The van der Waals surface area contributed by atoms with Crippen LogP contribution in [0.3, 0.4) is 0 Å². The van der Waals surface area contributed by atoms with Crippen LogP contribution >= 0.6 is 0 Å². The van der Waals surface area contributed by atoms with E-state index in [2.05, 4.69) is 0 Å². The van der Waals surface area contributed by atoms with Gasteiger partial charge in [0.1, 0.15) is 0 Å². The zero-order chi connectivity index (χ0) is 6.73. The number of rotatable bonds is 0. The smallest absolute Gasteiger partial charge is 0.260 e. The molecule has 0 radical (unpaired) electrons. The molecule has 0 atom stereocenters. The molecule has 0 saturated carbocycles. The Bertz CT molecular complexity index is 78.4. The summed E-state index contributed by atoms with van der Waals surface area (Å²) in [5, 5.41) is 28.7. The molecule has 0 saturated heterocycles. The van der Waals surface area contributed by atoms with Crippen molar-refractivity contribution in [3.8, 4) is 0 Å². The Labute approximate surface area is 43.4 Å². The first-order valence-corrected chi connectivity index (χ1v) is 1.45. The van der Waals surface area contributed by atoms with E-state index in [-0.39, 0.29) is 0 Å². The van der Waals surface area contributed by atoms with Crippen molar-refractivity contribution in [3.63, 3.8) is 0 Å². The largest absolute Gasteiger partial charge is 0.418 e. The molecule has 7 heteroatoms. The Balaban J connectivity index is 3.65. The number of nitrogens with zero attached hydrogens (tertiary/aromatic N) is 2. The van der Waals surface area contributed by atoms with Gasteiger partial charge in [0.15, 0.2) is 0 Å². The third-order valence-corrected chi connectivity index (χ3v) is 0.342. The van der Waals surface area contributed by atoms with Gasteiger partial charge in [-0.05, 0) is 0 Å². The highest BCUT2D eigenvalue weighted by Gasteiger charge is 2.12. The van der Waals surface area contributed by atoms with Gasteiger partial charge in [-0.3, -0.25) is 20.8 Å². The molecular weight excluding hydrogens is 120 g/mol. The van der Waals surface area contributed by atoms with E-state index in [1.807, 2.05) is 0 Å². The number of amides is 2. The van der Waals surface area contributed by atoms with Gasteiger partial charge in [0.2, 0.25) is 0 Å². The van der Waals surface area contributed by atoms with Gasteiger partial charge < -0.3 is 0 Å². The highest BCUT2D eigenvalue weighted by atomic mass is 16.8. The lowest BCUT2D eigenvalue weighted by Crippen LogP contribution is -2.35. The molecule has 2 amide bonds. The third-order valence-electron chi connectivity index (χ3n) is 0.342. The summed E-state index contributed by atoms with van der Waals surface area (Å²) in [6.45, 7) is 0. The van der Waals surface area contributed by atoms with Crippen LogP contribution in [0, 0.1) is 0 Å². The van der Waals surface area contributed by atoms with Gasteiger partial charge in [-0.25, -0.2) is 4.79 Å². The molecule has 0 aliphatic rings. The van der Waals surface area contributed by atoms with E-state index in [0.29, 0.717) is 0 Å². The lowest BCUT2D eigenvalue weighted by atomic mass is 11.1. The minimum atomic E-state index is -1.76. The molecule has 0 spiro atoms. The molecule has 4 N–H and O–H groups in total. The standard InChI is InChI=1S/CH4N2O5/c4-1(2(5)6)3(7)8/h5-8H. The van der Waals surface area contributed by atoms with Crippen molar-refractivity contribution >= 4 is 6.03 Å². The van der Waals surface area contributed by atoms with E-state index < -0.39 is 16.5 Å². The average Bonchev–Trinajstić information content (AvgIpc) is 1.64. The van der Waals surface area contributed by atoms with Crippen LogP contribution in [0.1, 0.15) is 0 Å². The zero-order valence-corrected chi connectivity index (χ0v) is 3.59. The van der Waals surface area contributed by atoms with Crippen molar-refractivity contribution in [2.75, 3.05) is 0 Å². The first kappa shape index (κ1) is 7.11. The van der Waals surface area contributed by atoms with Crippen LogP contribution < -0.4 is 0 Å². The number of hydrogen-bond acceptors (Lipinski definition) is 5. The van der Waals surface area contributed by atoms with E-state index in [1.54, 1.807) is 0 Å². The maximum Gasteiger partial charge on any atom is 0.418 e. The molecule has 0 heterocycles. The molecule has 0 fully saturated rings. The summed E-state index contributed by atoms with van der Waals surface area (Å²) in [6.07, 6.45) is 0. The summed E-state index contributed by atoms with van der Waals surface area (Å²) in [6, 6.07) is -1.76. The Kier molecular flexibility index (Phi) is 2.16. The van der Waals surface area contributed by atoms with Crippen molar-refractivity contribution in [2.45, 2.75) is 0 Å². The van der Waals surface area contributed by atoms with E-state index in [0.717, 1.165) is 0 Å². The SMILES string of the molecule is O=C(N(O)O)N(O)O. The molecule has 8 heavy (non-hydrogen) atoms. The second kappa shape index (κ2) is 2.43. The molecule has 48 valence electrons. The van der Waals surface area contributed by atoms with E-state index >= 15 is 0 Å². The fourth-order valence-electron chi connectivity index (χ4n) is 0.0800. The van der Waals surface area contributed by atoms with Crippen molar-refractivity contribution in [3.05, 3.63) is 0 Å². The van der Waals surface area contributed by atoms with E-state index in [1.165, 1.54) is 0 Å². The van der Waals surface area contributed by atoms with Crippen molar-refractivity contribution in [1.29, 1.82) is 0 Å². The minimum absolute atomic E-state index is 0.972. The maximum absolute atomic E-state index is 9.69. The number of hydrogen-bond donors (Lipinski definition) is 4. The Morgan fingerprint density at radius 1 is 1.00 bits per heavy atom. The predicted octanol–water partition coefficient (Wildman–Crippen LogP) is -0.733. The Morgan fingerprint density at radius 3 is 1.25 bits per heavy atom. The summed E-state index contributed by atoms with van der Waals surface area (Å²) in [5.74, 6) is 0. The van der Waals surface area contributed by atoms with Gasteiger partial charge in [0, 0.05) is 0 Å². The molecule has 7 nitrogen and oxygen atoms in total. The summed E-state index contributed by atoms with van der Waals surface area (Å²) < 4.78 is 0. The second-order valence-electron chi connectivity index (χ2n) is 0.861. The van der Waals surface area contributed by atoms with Gasteiger partial charge in [-0.2, -0.15) is 0 Å². The summed E-state index contributed by atoms with van der Waals surface area (Å²) in [5.41, 5.74) is 0. The van der Waals surface area contributed by atoms with Gasteiger partial charge in [0.05, 0.1) is 0 Å². The molecule has 0 unspecified atom stereocenters. The zero-order valence-electron chi connectivity index (χ0n) is 3.59. The van der Waals surface area contributed by atoms with Crippen LogP contribution in [0.25, 0.3) is 0 Å². The normalized spacial score (nSPS) is 8.50. The van der Waals surface area contributed by atoms with Crippen LogP contribution in [-0.2, 0) is 0 Å². The third kappa shape index (κ3) is 1.71. The molecule has 0 aliphatic carbocycles. The first-order chi connectivity index (χ1) is 3.55. The van der Waals surface area contributed by atoms with Crippen LogP contribution in [0.4, 0.5) is 4.79 Å². The van der Waals surface area contributed by atoms with Crippen molar-refractivity contribution in [2.24, 2.45) is 0 Å². The fraction of sp³-hybridized carbons (Fsp3) is 0. The highest BCUT2D eigenvalue weighted by molar-refractivity contribution is 5.68. The number of carbonyl (C=O) groups is 1. The lowest BCUT2D eigenvalue weighted by Gasteiger charge is -2.07. The van der Waals surface area contributed by atoms with Crippen LogP contribution in [-0.4, -0.2) is 37.3 Å². The first-order valence-electron chi connectivity index (χ1n) is 1.45. The molecule has 0 aromatic rings. The van der Waals surface area contributed by atoms with Crippen LogP contribution in [0.5, 0.6) is 0 Å². The number of carbonyl (C=O) groups excluding carboxylic acids is 1. The molecular formula is CH4N2O5. The van der Waals surface area contributed by atoms with Crippen molar-refractivity contribution < 1.29 is 25.6 Å².